The lowest BCUT2D eigenvalue weighted by Gasteiger charge is -2.33. The third-order valence-corrected chi connectivity index (χ3v) is 4.06. The van der Waals surface area contributed by atoms with E-state index in [1.165, 1.54) is 0 Å². The molecule has 1 aromatic rings. The summed E-state index contributed by atoms with van der Waals surface area (Å²) in [6.07, 6.45) is 3.24. The van der Waals surface area contributed by atoms with Crippen molar-refractivity contribution in [1.29, 1.82) is 0 Å². The van der Waals surface area contributed by atoms with Gasteiger partial charge in [-0.05, 0) is 64.0 Å². The van der Waals surface area contributed by atoms with Crippen molar-refractivity contribution in [3.8, 4) is 11.5 Å². The number of ether oxygens (including phenoxy) is 2. The Morgan fingerprint density at radius 3 is 2.60 bits per heavy atom. The van der Waals surface area contributed by atoms with E-state index in [0.29, 0.717) is 23.0 Å². The summed E-state index contributed by atoms with van der Waals surface area (Å²) in [6, 6.07) is 5.26. The van der Waals surface area contributed by atoms with E-state index in [0.717, 1.165) is 32.2 Å². The van der Waals surface area contributed by atoms with Crippen molar-refractivity contribution < 1.29 is 14.3 Å². The van der Waals surface area contributed by atoms with Crippen LogP contribution in [0.1, 0.15) is 30.1 Å². The van der Waals surface area contributed by atoms with Gasteiger partial charge >= 0.3 is 0 Å². The Labute approximate surface area is 120 Å². The summed E-state index contributed by atoms with van der Waals surface area (Å²) in [5.41, 5.74) is 0.608. The van der Waals surface area contributed by atoms with E-state index in [9.17, 15) is 4.79 Å². The number of aldehydes is 1. The maximum Gasteiger partial charge on any atom is 0.162 e. The fourth-order valence-electron chi connectivity index (χ4n) is 2.65. The van der Waals surface area contributed by atoms with Gasteiger partial charge in [0, 0.05) is 5.56 Å². The lowest BCUT2D eigenvalue weighted by atomic mass is 9.92. The predicted octanol–water partition coefficient (Wildman–Crippen LogP) is 2.62. The highest BCUT2D eigenvalue weighted by Crippen LogP contribution is 2.31. The molecule has 1 aliphatic heterocycles. The molecule has 1 heterocycles. The lowest BCUT2D eigenvalue weighted by Crippen LogP contribution is -2.36. The summed E-state index contributed by atoms with van der Waals surface area (Å²) in [5.74, 6) is 1.88. The Kier molecular flexibility index (Phi) is 5.01. The Morgan fingerprint density at radius 1 is 1.30 bits per heavy atom. The molecule has 0 saturated carbocycles. The van der Waals surface area contributed by atoms with Crippen LogP contribution in [0.4, 0.5) is 0 Å². The SMILES string of the molecule is COc1ccc(C=O)cc1OC(C)C1CCN(C)CC1. The van der Waals surface area contributed by atoms with Gasteiger partial charge in [-0.2, -0.15) is 0 Å². The number of piperidine rings is 1. The van der Waals surface area contributed by atoms with Crippen molar-refractivity contribution in [3.05, 3.63) is 23.8 Å². The summed E-state index contributed by atoms with van der Waals surface area (Å²) >= 11 is 0. The molecule has 110 valence electrons. The number of benzene rings is 1. The van der Waals surface area contributed by atoms with Gasteiger partial charge in [0.15, 0.2) is 11.5 Å². The monoisotopic (exact) mass is 277 g/mol. The second-order valence-electron chi connectivity index (χ2n) is 5.49. The molecule has 1 fully saturated rings. The number of rotatable bonds is 5. The molecule has 0 spiro atoms. The maximum atomic E-state index is 10.9. The molecule has 0 aliphatic carbocycles. The summed E-state index contributed by atoms with van der Waals surface area (Å²) in [6.45, 7) is 4.33. The Hall–Kier alpha value is -1.55. The van der Waals surface area contributed by atoms with Crippen molar-refractivity contribution in [2.24, 2.45) is 5.92 Å². The van der Waals surface area contributed by atoms with Gasteiger partial charge in [0.1, 0.15) is 6.29 Å². The van der Waals surface area contributed by atoms with E-state index in [1.807, 2.05) is 0 Å². The topological polar surface area (TPSA) is 38.8 Å². The van der Waals surface area contributed by atoms with E-state index in [2.05, 4.69) is 18.9 Å². The quantitative estimate of drug-likeness (QED) is 0.776. The van der Waals surface area contributed by atoms with Crippen LogP contribution in [-0.2, 0) is 0 Å². The van der Waals surface area contributed by atoms with Crippen LogP contribution in [0.15, 0.2) is 18.2 Å². The Morgan fingerprint density at radius 2 is 2.00 bits per heavy atom. The van der Waals surface area contributed by atoms with E-state index in [1.54, 1.807) is 25.3 Å². The molecular weight excluding hydrogens is 254 g/mol. The second-order valence-corrected chi connectivity index (χ2v) is 5.49. The highest BCUT2D eigenvalue weighted by molar-refractivity contribution is 5.76. The predicted molar refractivity (Wildman–Crippen MR) is 78.7 cm³/mol. The van der Waals surface area contributed by atoms with Gasteiger partial charge in [-0.15, -0.1) is 0 Å². The van der Waals surface area contributed by atoms with Crippen molar-refractivity contribution in [2.45, 2.75) is 25.9 Å². The molecule has 0 bridgehead atoms. The standard InChI is InChI=1S/C16H23NO3/c1-12(14-6-8-17(2)9-7-14)20-16-10-13(11-18)4-5-15(16)19-3/h4-5,10-12,14H,6-9H2,1-3H3. The maximum absolute atomic E-state index is 10.9. The van der Waals surface area contributed by atoms with Crippen LogP contribution in [0, 0.1) is 5.92 Å². The summed E-state index contributed by atoms with van der Waals surface area (Å²) in [4.78, 5) is 13.2. The number of hydrogen-bond acceptors (Lipinski definition) is 4. The molecule has 0 aromatic heterocycles. The normalized spacial score (nSPS) is 18.6. The molecule has 0 N–H and O–H groups in total. The van der Waals surface area contributed by atoms with Gasteiger partial charge in [-0.25, -0.2) is 0 Å². The largest absolute Gasteiger partial charge is 0.493 e. The third-order valence-electron chi connectivity index (χ3n) is 4.06. The Balaban J connectivity index is 2.06. The number of hydrogen-bond donors (Lipinski definition) is 0. The van der Waals surface area contributed by atoms with E-state index >= 15 is 0 Å². The van der Waals surface area contributed by atoms with Gasteiger partial charge in [-0.3, -0.25) is 4.79 Å². The molecule has 1 aromatic carbocycles. The van der Waals surface area contributed by atoms with Crippen LogP contribution in [-0.4, -0.2) is 44.5 Å². The summed E-state index contributed by atoms with van der Waals surface area (Å²) in [7, 11) is 3.77. The highest BCUT2D eigenvalue weighted by Gasteiger charge is 2.24. The molecule has 2 rings (SSSR count). The molecule has 1 saturated heterocycles. The van der Waals surface area contributed by atoms with Crippen molar-refractivity contribution >= 4 is 6.29 Å². The van der Waals surface area contributed by atoms with Crippen molar-refractivity contribution in [3.63, 3.8) is 0 Å². The molecule has 4 nitrogen and oxygen atoms in total. The number of likely N-dealkylation sites (tertiary alicyclic amines) is 1. The molecule has 20 heavy (non-hydrogen) atoms. The minimum absolute atomic E-state index is 0.125. The van der Waals surface area contributed by atoms with Crippen LogP contribution in [0.5, 0.6) is 11.5 Å². The average Bonchev–Trinajstić information content (AvgIpc) is 2.47. The first kappa shape index (κ1) is 14.9. The third kappa shape index (κ3) is 3.51. The molecule has 1 aliphatic rings. The van der Waals surface area contributed by atoms with Crippen molar-refractivity contribution in [2.75, 3.05) is 27.2 Å². The van der Waals surface area contributed by atoms with E-state index in [-0.39, 0.29) is 6.10 Å². The van der Waals surface area contributed by atoms with Crippen LogP contribution >= 0.6 is 0 Å². The first-order valence-electron chi connectivity index (χ1n) is 7.12. The van der Waals surface area contributed by atoms with E-state index < -0.39 is 0 Å². The van der Waals surface area contributed by atoms with Crippen LogP contribution < -0.4 is 9.47 Å². The lowest BCUT2D eigenvalue weighted by molar-refractivity contribution is 0.0949. The summed E-state index contributed by atoms with van der Waals surface area (Å²) < 4.78 is 11.4. The van der Waals surface area contributed by atoms with Crippen LogP contribution in [0.3, 0.4) is 0 Å². The highest BCUT2D eigenvalue weighted by atomic mass is 16.5. The number of carbonyl (C=O) groups is 1. The zero-order valence-electron chi connectivity index (χ0n) is 12.5. The zero-order valence-corrected chi connectivity index (χ0v) is 12.5. The van der Waals surface area contributed by atoms with Gasteiger partial charge in [0.25, 0.3) is 0 Å². The van der Waals surface area contributed by atoms with Crippen molar-refractivity contribution in [1.82, 2.24) is 4.90 Å². The number of methoxy groups -OCH3 is 1. The Bertz CT molecular complexity index is 453. The molecular formula is C16H23NO3. The minimum Gasteiger partial charge on any atom is -0.493 e. The van der Waals surface area contributed by atoms with Gasteiger partial charge in [-0.1, -0.05) is 0 Å². The van der Waals surface area contributed by atoms with Crippen LogP contribution in [0.2, 0.25) is 0 Å². The molecule has 1 unspecified atom stereocenters. The molecule has 0 radical (unpaired) electrons. The number of nitrogens with zero attached hydrogens (tertiary/aromatic N) is 1. The average molecular weight is 277 g/mol. The first-order valence-corrected chi connectivity index (χ1v) is 7.12. The first-order chi connectivity index (χ1) is 9.63. The minimum atomic E-state index is 0.125. The summed E-state index contributed by atoms with van der Waals surface area (Å²) in [5, 5.41) is 0. The van der Waals surface area contributed by atoms with Gasteiger partial charge in [0.2, 0.25) is 0 Å². The second kappa shape index (κ2) is 6.75. The molecule has 0 amide bonds. The number of carbonyl (C=O) groups excluding carboxylic acids is 1. The zero-order chi connectivity index (χ0) is 14.5. The molecule has 1 atom stereocenters. The smallest absolute Gasteiger partial charge is 0.162 e. The molecule has 4 heteroatoms. The van der Waals surface area contributed by atoms with Gasteiger partial charge in [0.05, 0.1) is 13.2 Å². The van der Waals surface area contributed by atoms with Gasteiger partial charge < -0.3 is 14.4 Å². The fraction of sp³-hybridized carbons (Fsp3) is 0.562. The fourth-order valence-corrected chi connectivity index (χ4v) is 2.65. The van der Waals surface area contributed by atoms with E-state index in [4.69, 9.17) is 9.47 Å². The van der Waals surface area contributed by atoms with Crippen LogP contribution in [0.25, 0.3) is 0 Å².